The van der Waals surface area contributed by atoms with Gasteiger partial charge in [-0.15, -0.1) is 10.2 Å². The fourth-order valence-electron chi connectivity index (χ4n) is 2.35. The van der Waals surface area contributed by atoms with Gasteiger partial charge in [0, 0.05) is 20.9 Å². The van der Waals surface area contributed by atoms with Crippen LogP contribution in [-0.2, 0) is 0 Å². The number of anilines is 1. The van der Waals surface area contributed by atoms with Gasteiger partial charge in [-0.25, -0.2) is 5.43 Å². The van der Waals surface area contributed by atoms with Crippen molar-refractivity contribution in [2.75, 3.05) is 5.43 Å². The van der Waals surface area contributed by atoms with Crippen LogP contribution in [0, 0.1) is 0 Å². The number of aromatic hydroxyl groups is 1. The van der Waals surface area contributed by atoms with Crippen LogP contribution in [0.4, 0.5) is 5.95 Å². The van der Waals surface area contributed by atoms with E-state index in [1.165, 1.54) is 6.21 Å². The van der Waals surface area contributed by atoms with Crippen LogP contribution in [-0.4, -0.2) is 31.5 Å². The van der Waals surface area contributed by atoms with Crippen molar-refractivity contribution in [3.8, 4) is 5.75 Å². The lowest BCUT2D eigenvalue weighted by Gasteiger charge is -1.98. The number of aromatic nitrogens is 4. The van der Waals surface area contributed by atoms with E-state index in [9.17, 15) is 5.11 Å². The third kappa shape index (κ3) is 2.67. The van der Waals surface area contributed by atoms with Crippen LogP contribution in [0.25, 0.3) is 22.1 Å². The Hall–Kier alpha value is -3.00. The molecule has 0 aliphatic carbocycles. The van der Waals surface area contributed by atoms with Crippen molar-refractivity contribution in [3.05, 3.63) is 52.5 Å². The fourth-order valence-corrected chi connectivity index (χ4v) is 2.71. The number of hydrogen-bond acceptors (Lipinski definition) is 6. The highest BCUT2D eigenvalue weighted by Gasteiger charge is 2.09. The van der Waals surface area contributed by atoms with Gasteiger partial charge < -0.3 is 10.1 Å². The number of nitrogens with one attached hydrogen (secondary N) is 2. The molecule has 0 amide bonds. The number of hydrogen-bond donors (Lipinski definition) is 3. The number of nitrogens with zero attached hydrogens (tertiary/aromatic N) is 4. The van der Waals surface area contributed by atoms with E-state index in [1.54, 1.807) is 18.2 Å². The summed E-state index contributed by atoms with van der Waals surface area (Å²) < 4.78 is 0.965. The van der Waals surface area contributed by atoms with Crippen molar-refractivity contribution >= 4 is 50.2 Å². The Morgan fingerprint density at radius 1 is 1.17 bits per heavy atom. The summed E-state index contributed by atoms with van der Waals surface area (Å²) in [6, 6.07) is 12.8. The summed E-state index contributed by atoms with van der Waals surface area (Å²) in [5.74, 6) is 0.415. The molecule has 2 aromatic heterocycles. The third-order valence-electron chi connectivity index (χ3n) is 3.48. The smallest absolute Gasteiger partial charge is 0.265 e. The Kier molecular flexibility index (Phi) is 3.58. The molecule has 0 atom stereocenters. The number of rotatable bonds is 3. The van der Waals surface area contributed by atoms with Crippen molar-refractivity contribution in [1.29, 1.82) is 0 Å². The maximum absolute atomic E-state index is 9.68. The standard InChI is InChI=1S/C16H11BrN6O/c17-10-5-6-12-11(7-10)14-15(19-12)20-16(23-21-14)22-18-8-9-3-1-2-4-13(9)24/h1-8,24H,(H2,19,20,22,23)/b18-8+. The van der Waals surface area contributed by atoms with Crippen LogP contribution < -0.4 is 5.43 Å². The van der Waals surface area contributed by atoms with E-state index >= 15 is 0 Å². The highest BCUT2D eigenvalue weighted by atomic mass is 79.9. The van der Waals surface area contributed by atoms with E-state index < -0.39 is 0 Å². The Morgan fingerprint density at radius 3 is 2.92 bits per heavy atom. The SMILES string of the molecule is Oc1ccccc1/C=N/Nc1nnc2c(n1)[nH]c1ccc(Br)cc12. The number of benzene rings is 2. The molecule has 0 aliphatic rings. The molecule has 7 nitrogen and oxygen atoms in total. The molecule has 0 fully saturated rings. The Labute approximate surface area is 144 Å². The molecule has 3 N–H and O–H groups in total. The molecule has 0 bridgehead atoms. The minimum Gasteiger partial charge on any atom is -0.507 e. The summed E-state index contributed by atoms with van der Waals surface area (Å²) in [6.45, 7) is 0. The Bertz CT molecular complexity index is 1070. The summed E-state index contributed by atoms with van der Waals surface area (Å²) in [4.78, 5) is 7.56. The van der Waals surface area contributed by atoms with E-state index in [0.717, 1.165) is 15.4 Å². The lowest BCUT2D eigenvalue weighted by molar-refractivity contribution is 0.474. The average molecular weight is 383 g/mol. The van der Waals surface area contributed by atoms with Crippen LogP contribution in [0.5, 0.6) is 5.75 Å². The number of halogens is 1. The fraction of sp³-hybridized carbons (Fsp3) is 0. The normalized spacial score (nSPS) is 11.5. The Morgan fingerprint density at radius 2 is 2.04 bits per heavy atom. The van der Waals surface area contributed by atoms with Crippen molar-refractivity contribution < 1.29 is 5.11 Å². The summed E-state index contributed by atoms with van der Waals surface area (Å²) in [5, 5.41) is 22.9. The third-order valence-corrected chi connectivity index (χ3v) is 3.97. The second-order valence-corrected chi connectivity index (χ2v) is 5.99. The predicted molar refractivity (Wildman–Crippen MR) is 96.2 cm³/mol. The summed E-state index contributed by atoms with van der Waals surface area (Å²) >= 11 is 3.45. The monoisotopic (exact) mass is 382 g/mol. The first-order valence-corrected chi connectivity index (χ1v) is 7.89. The lowest BCUT2D eigenvalue weighted by atomic mass is 10.2. The molecule has 8 heteroatoms. The predicted octanol–water partition coefficient (Wildman–Crippen LogP) is 3.42. The topological polar surface area (TPSA) is 99.1 Å². The van der Waals surface area contributed by atoms with Gasteiger partial charge in [0.05, 0.1) is 6.21 Å². The molecule has 0 saturated carbocycles. The first-order valence-electron chi connectivity index (χ1n) is 7.09. The number of para-hydroxylation sites is 1. The quantitative estimate of drug-likeness (QED) is 0.372. The van der Waals surface area contributed by atoms with E-state index in [-0.39, 0.29) is 11.7 Å². The van der Waals surface area contributed by atoms with Crippen molar-refractivity contribution in [1.82, 2.24) is 20.2 Å². The lowest BCUT2D eigenvalue weighted by Crippen LogP contribution is -1.99. The minimum atomic E-state index is 0.152. The number of phenols is 1. The molecule has 0 saturated heterocycles. The van der Waals surface area contributed by atoms with Crippen molar-refractivity contribution in [2.45, 2.75) is 0 Å². The molecule has 118 valence electrons. The van der Waals surface area contributed by atoms with Crippen LogP contribution in [0.1, 0.15) is 5.56 Å². The molecule has 0 spiro atoms. The molecule has 2 aromatic carbocycles. The summed E-state index contributed by atoms with van der Waals surface area (Å²) in [7, 11) is 0. The summed E-state index contributed by atoms with van der Waals surface area (Å²) in [6.07, 6.45) is 1.49. The molecule has 0 unspecified atom stereocenters. The number of fused-ring (bicyclic) bond motifs is 3. The summed E-state index contributed by atoms with van der Waals surface area (Å²) in [5.41, 5.74) is 5.56. The molecular formula is C16H11BrN6O. The molecule has 4 aromatic rings. The van der Waals surface area contributed by atoms with Crippen LogP contribution >= 0.6 is 15.9 Å². The molecule has 2 heterocycles. The zero-order valence-corrected chi connectivity index (χ0v) is 13.8. The van der Waals surface area contributed by atoms with Crippen LogP contribution in [0.3, 0.4) is 0 Å². The van der Waals surface area contributed by atoms with Gasteiger partial charge in [0.2, 0.25) is 0 Å². The van der Waals surface area contributed by atoms with E-state index in [0.29, 0.717) is 16.7 Å². The molecule has 0 aliphatic heterocycles. The maximum atomic E-state index is 9.68. The van der Waals surface area contributed by atoms with Crippen molar-refractivity contribution in [2.24, 2.45) is 5.10 Å². The number of hydrazone groups is 1. The second kappa shape index (κ2) is 5.89. The van der Waals surface area contributed by atoms with Gasteiger partial charge in [-0.2, -0.15) is 10.1 Å². The molecular weight excluding hydrogens is 372 g/mol. The van der Waals surface area contributed by atoms with E-state index in [4.69, 9.17) is 0 Å². The Balaban J connectivity index is 1.63. The highest BCUT2D eigenvalue weighted by Crippen LogP contribution is 2.25. The molecule has 24 heavy (non-hydrogen) atoms. The number of H-pyrrole nitrogens is 1. The maximum Gasteiger partial charge on any atom is 0.265 e. The largest absolute Gasteiger partial charge is 0.507 e. The van der Waals surface area contributed by atoms with Gasteiger partial charge in [-0.05, 0) is 30.3 Å². The van der Waals surface area contributed by atoms with Crippen LogP contribution in [0.15, 0.2) is 52.0 Å². The molecule has 0 radical (unpaired) electrons. The van der Waals surface area contributed by atoms with E-state index in [2.05, 4.69) is 46.6 Å². The van der Waals surface area contributed by atoms with Gasteiger partial charge in [0.25, 0.3) is 5.95 Å². The minimum absolute atomic E-state index is 0.152. The second-order valence-electron chi connectivity index (χ2n) is 5.08. The van der Waals surface area contributed by atoms with Crippen LogP contribution in [0.2, 0.25) is 0 Å². The zero-order chi connectivity index (χ0) is 16.5. The van der Waals surface area contributed by atoms with E-state index in [1.807, 2.05) is 24.3 Å². The highest BCUT2D eigenvalue weighted by molar-refractivity contribution is 9.10. The van der Waals surface area contributed by atoms with Gasteiger partial charge in [-0.1, -0.05) is 28.1 Å². The molecule has 4 rings (SSSR count). The van der Waals surface area contributed by atoms with Gasteiger partial charge in [0.1, 0.15) is 11.3 Å². The first-order chi connectivity index (χ1) is 11.7. The average Bonchev–Trinajstić information content (AvgIpc) is 2.94. The number of aromatic amines is 1. The number of phenolic OH excluding ortho intramolecular Hbond substituents is 1. The first kappa shape index (κ1) is 14.6. The van der Waals surface area contributed by atoms with Crippen molar-refractivity contribution in [3.63, 3.8) is 0 Å². The van der Waals surface area contributed by atoms with Gasteiger partial charge in [0.15, 0.2) is 5.65 Å². The van der Waals surface area contributed by atoms with Gasteiger partial charge >= 0.3 is 0 Å². The van der Waals surface area contributed by atoms with Gasteiger partial charge in [-0.3, -0.25) is 0 Å². The zero-order valence-electron chi connectivity index (χ0n) is 12.2.